The van der Waals surface area contributed by atoms with E-state index in [9.17, 15) is 0 Å². The Morgan fingerprint density at radius 2 is 1.83 bits per heavy atom. The normalized spacial score (nSPS) is 12.2. The summed E-state index contributed by atoms with van der Waals surface area (Å²) >= 11 is 0. The van der Waals surface area contributed by atoms with Crippen LogP contribution in [-0.4, -0.2) is 32.0 Å². The van der Waals surface area contributed by atoms with Gasteiger partial charge in [-0.1, -0.05) is 6.07 Å². The monoisotopic (exact) mass is 253 g/mol. The summed E-state index contributed by atoms with van der Waals surface area (Å²) in [6, 6.07) is 6.03. The molecule has 102 valence electrons. The molecule has 4 nitrogen and oxygen atoms in total. The number of nitrogens with one attached hydrogen (secondary N) is 1. The van der Waals surface area contributed by atoms with Gasteiger partial charge in [0, 0.05) is 12.6 Å². The average molecular weight is 253 g/mol. The van der Waals surface area contributed by atoms with E-state index in [1.54, 1.807) is 0 Å². The summed E-state index contributed by atoms with van der Waals surface area (Å²) in [5.41, 5.74) is 1.10. The molecule has 1 atom stereocenters. The predicted octanol–water partition coefficient (Wildman–Crippen LogP) is 2.13. The van der Waals surface area contributed by atoms with Gasteiger partial charge in [-0.15, -0.1) is 0 Å². The zero-order chi connectivity index (χ0) is 13.4. The Bertz CT molecular complexity index is 355. The fourth-order valence-electron chi connectivity index (χ4n) is 1.89. The van der Waals surface area contributed by atoms with E-state index in [4.69, 9.17) is 14.6 Å². The van der Waals surface area contributed by atoms with Gasteiger partial charge in [-0.05, 0) is 45.0 Å². The summed E-state index contributed by atoms with van der Waals surface area (Å²) in [5.74, 6) is 1.52. The number of rotatable bonds is 8. The molecule has 0 spiro atoms. The van der Waals surface area contributed by atoms with Gasteiger partial charge in [0.1, 0.15) is 0 Å². The van der Waals surface area contributed by atoms with E-state index in [1.165, 1.54) is 0 Å². The van der Waals surface area contributed by atoms with E-state index in [0.717, 1.165) is 17.1 Å². The molecule has 0 heterocycles. The lowest BCUT2D eigenvalue weighted by Gasteiger charge is -2.18. The van der Waals surface area contributed by atoms with Crippen LogP contribution in [0, 0.1) is 0 Å². The Hall–Kier alpha value is -1.26. The van der Waals surface area contributed by atoms with Crippen LogP contribution >= 0.6 is 0 Å². The second-order valence-corrected chi connectivity index (χ2v) is 3.93. The first-order chi connectivity index (χ1) is 8.76. The van der Waals surface area contributed by atoms with E-state index in [0.29, 0.717) is 19.6 Å². The fraction of sp³-hybridized carbons (Fsp3) is 0.571. The molecule has 4 heteroatoms. The van der Waals surface area contributed by atoms with Crippen molar-refractivity contribution in [2.24, 2.45) is 0 Å². The van der Waals surface area contributed by atoms with Gasteiger partial charge in [0.25, 0.3) is 0 Å². The van der Waals surface area contributed by atoms with Crippen LogP contribution in [0.25, 0.3) is 0 Å². The lowest BCUT2D eigenvalue weighted by Crippen LogP contribution is -2.17. The van der Waals surface area contributed by atoms with Crippen molar-refractivity contribution in [1.82, 2.24) is 5.32 Å². The smallest absolute Gasteiger partial charge is 0.161 e. The maximum absolute atomic E-state index is 9.04. The Morgan fingerprint density at radius 3 is 2.39 bits per heavy atom. The first-order valence-corrected chi connectivity index (χ1v) is 6.44. The van der Waals surface area contributed by atoms with Crippen molar-refractivity contribution < 1.29 is 14.6 Å². The van der Waals surface area contributed by atoms with Crippen molar-refractivity contribution in [3.05, 3.63) is 23.8 Å². The zero-order valence-electron chi connectivity index (χ0n) is 11.4. The maximum atomic E-state index is 9.04. The predicted molar refractivity (Wildman–Crippen MR) is 72.3 cm³/mol. The molecule has 1 unspecified atom stereocenters. The highest BCUT2D eigenvalue weighted by molar-refractivity contribution is 5.44. The van der Waals surface area contributed by atoms with E-state index >= 15 is 0 Å². The third kappa shape index (κ3) is 3.89. The highest BCUT2D eigenvalue weighted by Crippen LogP contribution is 2.31. The molecular weight excluding hydrogens is 230 g/mol. The second kappa shape index (κ2) is 7.95. The summed E-state index contributed by atoms with van der Waals surface area (Å²) in [6.45, 7) is 5.28. The first kappa shape index (κ1) is 14.8. The van der Waals surface area contributed by atoms with Gasteiger partial charge < -0.3 is 19.9 Å². The Balaban J connectivity index is 2.96. The van der Waals surface area contributed by atoms with E-state index < -0.39 is 0 Å². The van der Waals surface area contributed by atoms with Gasteiger partial charge >= 0.3 is 0 Å². The third-order valence-electron chi connectivity index (χ3n) is 2.74. The molecule has 0 amide bonds. The van der Waals surface area contributed by atoms with Gasteiger partial charge in [-0.25, -0.2) is 0 Å². The minimum absolute atomic E-state index is 0.130. The Labute approximate surface area is 109 Å². The summed E-state index contributed by atoms with van der Waals surface area (Å²) in [7, 11) is 1.89. The zero-order valence-corrected chi connectivity index (χ0v) is 11.4. The number of hydrogen-bond donors (Lipinski definition) is 2. The minimum atomic E-state index is 0.130. The van der Waals surface area contributed by atoms with Crippen LogP contribution in [0.1, 0.15) is 31.9 Å². The quantitative estimate of drug-likeness (QED) is 0.745. The van der Waals surface area contributed by atoms with Crippen LogP contribution in [0.4, 0.5) is 0 Å². The Kier molecular flexibility index (Phi) is 6.54. The van der Waals surface area contributed by atoms with E-state index in [-0.39, 0.29) is 12.6 Å². The molecule has 0 radical (unpaired) electrons. The molecule has 2 N–H and O–H groups in total. The van der Waals surface area contributed by atoms with Crippen molar-refractivity contribution in [2.75, 3.05) is 26.9 Å². The molecule has 0 fully saturated rings. The molecule has 0 aliphatic carbocycles. The van der Waals surface area contributed by atoms with Crippen molar-refractivity contribution in [2.45, 2.75) is 26.3 Å². The van der Waals surface area contributed by atoms with Gasteiger partial charge in [0.15, 0.2) is 11.5 Å². The van der Waals surface area contributed by atoms with Crippen molar-refractivity contribution >= 4 is 0 Å². The molecule has 18 heavy (non-hydrogen) atoms. The number of aliphatic hydroxyl groups excluding tert-OH is 1. The Morgan fingerprint density at radius 1 is 1.17 bits per heavy atom. The topological polar surface area (TPSA) is 50.7 Å². The van der Waals surface area contributed by atoms with Crippen molar-refractivity contribution in [1.29, 1.82) is 0 Å². The number of ether oxygens (including phenoxy) is 2. The molecule has 0 bridgehead atoms. The van der Waals surface area contributed by atoms with Gasteiger partial charge in [0.05, 0.1) is 13.2 Å². The van der Waals surface area contributed by atoms with Gasteiger partial charge in [-0.3, -0.25) is 0 Å². The van der Waals surface area contributed by atoms with Crippen molar-refractivity contribution in [3.63, 3.8) is 0 Å². The molecule has 0 saturated heterocycles. The average Bonchev–Trinajstić information content (AvgIpc) is 2.38. The lowest BCUT2D eigenvalue weighted by molar-refractivity contribution is 0.267. The summed E-state index contributed by atoms with van der Waals surface area (Å²) in [5, 5.41) is 12.2. The van der Waals surface area contributed by atoms with Crippen LogP contribution in [-0.2, 0) is 0 Å². The number of hydrogen-bond acceptors (Lipinski definition) is 4. The van der Waals surface area contributed by atoms with Gasteiger partial charge in [0.2, 0.25) is 0 Å². The number of aliphatic hydroxyl groups is 1. The molecule has 1 aromatic carbocycles. The van der Waals surface area contributed by atoms with Gasteiger partial charge in [-0.2, -0.15) is 0 Å². The van der Waals surface area contributed by atoms with Crippen LogP contribution in [0.15, 0.2) is 18.2 Å². The van der Waals surface area contributed by atoms with Crippen LogP contribution in [0.3, 0.4) is 0 Å². The van der Waals surface area contributed by atoms with Crippen LogP contribution < -0.4 is 14.8 Å². The summed E-state index contributed by atoms with van der Waals surface area (Å²) < 4.78 is 11.1. The molecule has 0 aliphatic heterocycles. The molecule has 1 rings (SSSR count). The van der Waals surface area contributed by atoms with E-state index in [1.807, 2.05) is 39.1 Å². The number of benzene rings is 1. The van der Waals surface area contributed by atoms with Crippen molar-refractivity contribution in [3.8, 4) is 11.5 Å². The molecule has 0 aromatic heterocycles. The third-order valence-corrected chi connectivity index (χ3v) is 2.74. The highest BCUT2D eigenvalue weighted by atomic mass is 16.5. The molecular formula is C14H23NO3. The SMILES string of the molecule is CCOc1ccc(C(CCO)NC)cc1OCC. The fourth-order valence-corrected chi connectivity index (χ4v) is 1.89. The lowest BCUT2D eigenvalue weighted by atomic mass is 10.0. The largest absolute Gasteiger partial charge is 0.490 e. The van der Waals surface area contributed by atoms with Crippen LogP contribution in [0.5, 0.6) is 11.5 Å². The molecule has 0 saturated carbocycles. The van der Waals surface area contributed by atoms with Crippen LogP contribution in [0.2, 0.25) is 0 Å². The highest BCUT2D eigenvalue weighted by Gasteiger charge is 2.12. The second-order valence-electron chi connectivity index (χ2n) is 3.93. The summed E-state index contributed by atoms with van der Waals surface area (Å²) in [4.78, 5) is 0. The summed E-state index contributed by atoms with van der Waals surface area (Å²) in [6.07, 6.45) is 0.677. The van der Waals surface area contributed by atoms with E-state index in [2.05, 4.69) is 5.32 Å². The molecule has 0 aliphatic rings. The molecule has 1 aromatic rings. The standard InChI is InChI=1S/C14H23NO3/c1-4-17-13-7-6-11(10-14(13)18-5-2)12(15-3)8-9-16/h6-7,10,12,15-16H,4-5,8-9H2,1-3H3. The first-order valence-electron chi connectivity index (χ1n) is 6.44. The maximum Gasteiger partial charge on any atom is 0.161 e. The minimum Gasteiger partial charge on any atom is -0.490 e.